The highest BCUT2D eigenvalue weighted by atomic mass is 32.2. The van der Waals surface area contributed by atoms with E-state index in [4.69, 9.17) is 0 Å². The molecule has 33 heavy (non-hydrogen) atoms. The van der Waals surface area contributed by atoms with E-state index in [1.54, 1.807) is 6.07 Å². The third kappa shape index (κ3) is 3.34. The van der Waals surface area contributed by atoms with Gasteiger partial charge in [-0.25, -0.2) is 4.39 Å². The monoisotopic (exact) mass is 477 g/mol. The van der Waals surface area contributed by atoms with Gasteiger partial charge in [0.1, 0.15) is 12.5 Å². The maximum Gasteiger partial charge on any atom is 0.416 e. The molecule has 1 amide bonds. The van der Waals surface area contributed by atoms with Gasteiger partial charge in [-0.15, -0.1) is 11.8 Å². The molecule has 2 aliphatic rings. The first kappa shape index (κ1) is 21.4. The van der Waals surface area contributed by atoms with Crippen LogP contribution >= 0.6 is 11.8 Å². The number of hydrogen-bond donors (Lipinski definition) is 2. The van der Waals surface area contributed by atoms with Crippen LogP contribution in [0.5, 0.6) is 5.75 Å². The van der Waals surface area contributed by atoms with Crippen LogP contribution in [0.1, 0.15) is 38.8 Å². The van der Waals surface area contributed by atoms with Crippen molar-refractivity contribution < 1.29 is 27.5 Å². The molecule has 1 aromatic heterocycles. The number of aromatic nitrogens is 1. The van der Waals surface area contributed by atoms with Crippen molar-refractivity contribution in [1.29, 1.82) is 0 Å². The third-order valence-corrected chi connectivity index (χ3v) is 6.86. The van der Waals surface area contributed by atoms with Gasteiger partial charge in [0.05, 0.1) is 11.6 Å². The Labute approximate surface area is 188 Å². The number of rotatable bonds is 1. The predicted octanol–water partition coefficient (Wildman–Crippen LogP) is 3.75. The molecule has 5 rings (SSSR count). The van der Waals surface area contributed by atoms with Crippen molar-refractivity contribution >= 4 is 17.7 Å². The minimum atomic E-state index is -4.62. The summed E-state index contributed by atoms with van der Waals surface area (Å²) in [6.07, 6.45) is -3.36. The summed E-state index contributed by atoms with van der Waals surface area (Å²) >= 11 is 0.967. The fourth-order valence-electron chi connectivity index (χ4n) is 4.28. The SMILES string of the molecule is O=C1NCN(C2c3cccc(C(F)(F)F)c3CSc3c(F)cccc32)n2ccc(=O)c(O)c21. The number of halogens is 4. The van der Waals surface area contributed by atoms with E-state index in [-0.39, 0.29) is 34.1 Å². The van der Waals surface area contributed by atoms with Gasteiger partial charge in [0.25, 0.3) is 5.91 Å². The molecule has 2 aliphatic heterocycles. The number of aromatic hydroxyl groups is 1. The van der Waals surface area contributed by atoms with E-state index in [2.05, 4.69) is 5.32 Å². The van der Waals surface area contributed by atoms with Crippen LogP contribution in [0.4, 0.5) is 17.6 Å². The standard InChI is InChI=1S/C22H15F4N3O3S/c23-15-6-2-4-12-17(29-10-27-21(32)18-19(31)16(30)7-8-28(18)29)11-3-1-5-14(22(24,25)26)13(11)9-33-20(12)15/h1-8,17,31H,9-10H2,(H,27,32). The minimum Gasteiger partial charge on any atom is -0.502 e. The van der Waals surface area contributed by atoms with E-state index in [0.29, 0.717) is 5.56 Å². The van der Waals surface area contributed by atoms with Gasteiger partial charge in [0.15, 0.2) is 11.4 Å². The number of alkyl halides is 3. The second-order valence-corrected chi connectivity index (χ2v) is 8.53. The highest BCUT2D eigenvalue weighted by Crippen LogP contribution is 2.46. The van der Waals surface area contributed by atoms with Gasteiger partial charge in [-0.1, -0.05) is 24.3 Å². The van der Waals surface area contributed by atoms with Crippen molar-refractivity contribution in [3.63, 3.8) is 0 Å². The maximum absolute atomic E-state index is 14.8. The Morgan fingerprint density at radius 2 is 1.79 bits per heavy atom. The summed E-state index contributed by atoms with van der Waals surface area (Å²) in [4.78, 5) is 24.5. The van der Waals surface area contributed by atoms with E-state index in [1.165, 1.54) is 40.1 Å². The quantitative estimate of drug-likeness (QED) is 0.523. The molecule has 170 valence electrons. The average Bonchev–Trinajstić information content (AvgIpc) is 2.93. The zero-order valence-corrected chi connectivity index (χ0v) is 17.5. The summed E-state index contributed by atoms with van der Waals surface area (Å²) in [6.45, 7) is -0.158. The third-order valence-electron chi connectivity index (χ3n) is 5.71. The van der Waals surface area contributed by atoms with Crippen LogP contribution in [-0.4, -0.2) is 22.4 Å². The van der Waals surface area contributed by atoms with Gasteiger partial charge in [-0.05, 0) is 28.8 Å². The Hall–Kier alpha value is -3.47. The van der Waals surface area contributed by atoms with Crippen molar-refractivity contribution in [2.24, 2.45) is 0 Å². The molecule has 1 unspecified atom stereocenters. The van der Waals surface area contributed by atoms with Crippen molar-refractivity contribution in [2.45, 2.75) is 22.9 Å². The smallest absolute Gasteiger partial charge is 0.416 e. The Balaban J connectivity index is 1.81. The van der Waals surface area contributed by atoms with Crippen LogP contribution in [0, 0.1) is 5.82 Å². The lowest BCUT2D eigenvalue weighted by molar-refractivity contribution is -0.138. The number of thioether (sulfide) groups is 1. The second kappa shape index (κ2) is 7.55. The first-order valence-electron chi connectivity index (χ1n) is 9.78. The molecule has 3 aromatic rings. The maximum atomic E-state index is 14.8. The van der Waals surface area contributed by atoms with Crippen LogP contribution in [0.15, 0.2) is 58.4 Å². The summed E-state index contributed by atoms with van der Waals surface area (Å²) in [6, 6.07) is 8.22. The fourth-order valence-corrected chi connectivity index (χ4v) is 5.45. The van der Waals surface area contributed by atoms with Crippen LogP contribution in [-0.2, 0) is 11.9 Å². The van der Waals surface area contributed by atoms with E-state index >= 15 is 0 Å². The van der Waals surface area contributed by atoms with Crippen LogP contribution < -0.4 is 15.8 Å². The lowest BCUT2D eigenvalue weighted by Crippen LogP contribution is -2.53. The first-order chi connectivity index (χ1) is 15.7. The van der Waals surface area contributed by atoms with Gasteiger partial charge >= 0.3 is 6.18 Å². The lowest BCUT2D eigenvalue weighted by atomic mass is 9.91. The van der Waals surface area contributed by atoms with E-state index in [9.17, 15) is 32.3 Å². The molecule has 2 N–H and O–H groups in total. The molecule has 2 aromatic carbocycles. The van der Waals surface area contributed by atoms with Gasteiger partial charge in [0, 0.05) is 22.9 Å². The molecule has 0 saturated heterocycles. The van der Waals surface area contributed by atoms with Crippen molar-refractivity contribution in [2.75, 3.05) is 11.7 Å². The number of nitrogens with zero attached hydrogens (tertiary/aromatic N) is 2. The Morgan fingerprint density at radius 1 is 1.06 bits per heavy atom. The summed E-state index contributed by atoms with van der Waals surface area (Å²) in [5, 5.41) is 14.3. The van der Waals surface area contributed by atoms with Crippen molar-refractivity contribution in [1.82, 2.24) is 9.99 Å². The first-order valence-corrected chi connectivity index (χ1v) is 10.8. The summed E-state index contributed by atoms with van der Waals surface area (Å²) in [5.74, 6) is -2.19. The van der Waals surface area contributed by atoms with Crippen molar-refractivity contribution in [3.05, 3.63) is 92.6 Å². The van der Waals surface area contributed by atoms with E-state index in [1.807, 2.05) is 0 Å². The van der Waals surface area contributed by atoms with E-state index in [0.717, 1.165) is 23.9 Å². The summed E-state index contributed by atoms with van der Waals surface area (Å²) in [5.41, 5.74) is -1.27. The van der Waals surface area contributed by atoms with E-state index < -0.39 is 40.7 Å². The summed E-state index contributed by atoms with van der Waals surface area (Å²) < 4.78 is 57.6. The number of hydrogen-bond acceptors (Lipinski definition) is 5. The van der Waals surface area contributed by atoms with Gasteiger partial charge < -0.3 is 10.4 Å². The Kier molecular flexibility index (Phi) is 4.89. The fraction of sp³-hybridized carbons (Fsp3) is 0.182. The highest BCUT2D eigenvalue weighted by molar-refractivity contribution is 7.98. The highest BCUT2D eigenvalue weighted by Gasteiger charge is 2.40. The molecule has 0 radical (unpaired) electrons. The zero-order valence-electron chi connectivity index (χ0n) is 16.7. The number of carbonyl (C=O) groups excluding carboxylic acids is 1. The minimum absolute atomic E-state index is 0.000632. The molecule has 0 bridgehead atoms. The molecule has 0 aliphatic carbocycles. The molecule has 1 atom stereocenters. The van der Waals surface area contributed by atoms with Gasteiger partial charge in [0.2, 0.25) is 5.43 Å². The largest absolute Gasteiger partial charge is 0.502 e. The topological polar surface area (TPSA) is 74.6 Å². The molecule has 6 nitrogen and oxygen atoms in total. The van der Waals surface area contributed by atoms with Gasteiger partial charge in [-0.2, -0.15) is 13.2 Å². The second-order valence-electron chi connectivity index (χ2n) is 7.55. The molecule has 0 fully saturated rings. The van der Waals surface area contributed by atoms with Crippen LogP contribution in [0.3, 0.4) is 0 Å². The lowest BCUT2D eigenvalue weighted by Gasteiger charge is -2.40. The number of amides is 1. The predicted molar refractivity (Wildman–Crippen MR) is 112 cm³/mol. The number of nitrogens with one attached hydrogen (secondary N) is 1. The molecule has 3 heterocycles. The average molecular weight is 477 g/mol. The normalized spacial score (nSPS) is 17.5. The van der Waals surface area contributed by atoms with Crippen LogP contribution in [0.2, 0.25) is 0 Å². The molecular weight excluding hydrogens is 462 g/mol. The molecule has 0 spiro atoms. The Bertz CT molecular complexity index is 1360. The van der Waals surface area contributed by atoms with Crippen LogP contribution in [0.25, 0.3) is 0 Å². The molecular formula is C22H15F4N3O3S. The van der Waals surface area contributed by atoms with Crippen molar-refractivity contribution in [3.8, 4) is 5.75 Å². The number of carbonyl (C=O) groups is 1. The molecule has 0 saturated carbocycles. The zero-order chi connectivity index (χ0) is 23.5. The molecule has 11 heteroatoms. The number of benzene rings is 2. The Morgan fingerprint density at radius 3 is 2.55 bits per heavy atom. The van der Waals surface area contributed by atoms with Gasteiger partial charge in [-0.3, -0.25) is 19.3 Å². The number of fused-ring (bicyclic) bond motifs is 3. The number of pyridine rings is 1. The summed E-state index contributed by atoms with van der Waals surface area (Å²) in [7, 11) is 0.